The fourth-order valence-corrected chi connectivity index (χ4v) is 3.26. The molecule has 0 bridgehead atoms. The van der Waals surface area contributed by atoms with E-state index in [0.29, 0.717) is 47.4 Å². The third-order valence-electron chi connectivity index (χ3n) is 4.11. The van der Waals surface area contributed by atoms with Crippen molar-refractivity contribution < 1.29 is 28.2 Å². The minimum absolute atomic E-state index is 0.0848. The van der Waals surface area contributed by atoms with Crippen molar-refractivity contribution in [2.45, 2.75) is 5.22 Å². The molecule has 1 aliphatic heterocycles. The zero-order valence-corrected chi connectivity index (χ0v) is 16.7. The normalized spacial score (nSPS) is 12.3. The Balaban J connectivity index is 1.33. The topological polar surface area (TPSA) is 113 Å². The van der Waals surface area contributed by atoms with Crippen LogP contribution in [0.25, 0.3) is 11.5 Å². The summed E-state index contributed by atoms with van der Waals surface area (Å²) in [5, 5.41) is 11.0. The molecular formula is C20H17N3O6S. The number of methoxy groups -OCH3 is 1. The molecule has 0 radical (unpaired) electrons. The van der Waals surface area contributed by atoms with Gasteiger partial charge in [0, 0.05) is 11.3 Å². The SMILES string of the molecule is COC(=O)c1ccc(NC(=O)CSc2nnc(-c3ccc4c(c3)OCCO4)o2)cc1. The molecule has 1 amide bonds. The Morgan fingerprint density at radius 3 is 2.60 bits per heavy atom. The van der Waals surface area contributed by atoms with Crippen molar-refractivity contribution in [3.8, 4) is 23.0 Å². The number of amides is 1. The van der Waals surface area contributed by atoms with Crippen LogP contribution in [-0.2, 0) is 9.53 Å². The lowest BCUT2D eigenvalue weighted by atomic mass is 10.2. The smallest absolute Gasteiger partial charge is 0.337 e. The van der Waals surface area contributed by atoms with Crippen LogP contribution >= 0.6 is 11.8 Å². The van der Waals surface area contributed by atoms with Gasteiger partial charge in [0.25, 0.3) is 5.22 Å². The number of thioether (sulfide) groups is 1. The number of carbonyl (C=O) groups is 2. The summed E-state index contributed by atoms with van der Waals surface area (Å²) in [5.41, 5.74) is 1.67. The molecule has 9 nitrogen and oxygen atoms in total. The highest BCUT2D eigenvalue weighted by atomic mass is 32.2. The Bertz CT molecular complexity index is 1070. The van der Waals surface area contributed by atoms with Crippen LogP contribution < -0.4 is 14.8 Å². The number of anilines is 1. The highest BCUT2D eigenvalue weighted by molar-refractivity contribution is 7.99. The largest absolute Gasteiger partial charge is 0.486 e. The zero-order valence-electron chi connectivity index (χ0n) is 15.9. The van der Waals surface area contributed by atoms with Crippen LogP contribution in [0.15, 0.2) is 52.1 Å². The van der Waals surface area contributed by atoms with Gasteiger partial charge in [-0.2, -0.15) is 0 Å². The molecule has 0 saturated carbocycles. The first-order chi connectivity index (χ1) is 14.6. The van der Waals surface area contributed by atoms with E-state index in [4.69, 9.17) is 13.9 Å². The van der Waals surface area contributed by atoms with Gasteiger partial charge < -0.3 is 23.9 Å². The Hall–Kier alpha value is -3.53. The molecule has 0 unspecified atom stereocenters. The Kier molecular flexibility index (Phi) is 5.84. The number of nitrogens with zero attached hydrogens (tertiary/aromatic N) is 2. The van der Waals surface area contributed by atoms with Crippen LogP contribution in [0.3, 0.4) is 0 Å². The maximum Gasteiger partial charge on any atom is 0.337 e. The van der Waals surface area contributed by atoms with E-state index in [-0.39, 0.29) is 16.9 Å². The Labute approximate surface area is 175 Å². The number of hydrogen-bond acceptors (Lipinski definition) is 9. The molecule has 2 heterocycles. The van der Waals surface area contributed by atoms with Crippen molar-refractivity contribution in [2.24, 2.45) is 0 Å². The van der Waals surface area contributed by atoms with E-state index < -0.39 is 5.97 Å². The van der Waals surface area contributed by atoms with Gasteiger partial charge in [-0.3, -0.25) is 4.79 Å². The van der Waals surface area contributed by atoms with Crippen molar-refractivity contribution in [1.29, 1.82) is 0 Å². The van der Waals surface area contributed by atoms with Crippen molar-refractivity contribution in [1.82, 2.24) is 10.2 Å². The number of nitrogens with one attached hydrogen (secondary N) is 1. The van der Waals surface area contributed by atoms with Gasteiger partial charge in [-0.05, 0) is 42.5 Å². The van der Waals surface area contributed by atoms with E-state index >= 15 is 0 Å². The molecule has 154 valence electrons. The Morgan fingerprint density at radius 2 is 1.83 bits per heavy atom. The molecule has 1 aromatic heterocycles. The van der Waals surface area contributed by atoms with Gasteiger partial charge in [0.1, 0.15) is 13.2 Å². The highest BCUT2D eigenvalue weighted by Crippen LogP contribution is 2.34. The van der Waals surface area contributed by atoms with Crippen molar-refractivity contribution in [3.05, 3.63) is 48.0 Å². The fraction of sp³-hybridized carbons (Fsp3) is 0.200. The highest BCUT2D eigenvalue weighted by Gasteiger charge is 2.16. The van der Waals surface area contributed by atoms with Crippen molar-refractivity contribution >= 4 is 29.3 Å². The molecular weight excluding hydrogens is 410 g/mol. The van der Waals surface area contributed by atoms with Gasteiger partial charge in [0.15, 0.2) is 11.5 Å². The molecule has 1 N–H and O–H groups in total. The van der Waals surface area contributed by atoms with E-state index in [0.717, 1.165) is 11.8 Å². The van der Waals surface area contributed by atoms with Gasteiger partial charge in [0.2, 0.25) is 11.8 Å². The average molecular weight is 427 g/mol. The number of benzene rings is 2. The standard InChI is InChI=1S/C20H17N3O6S/c1-26-19(25)12-2-5-14(6-3-12)21-17(24)11-30-20-23-22-18(29-20)13-4-7-15-16(10-13)28-9-8-27-15/h2-7,10H,8-9,11H2,1H3,(H,21,24). The van der Waals surface area contributed by atoms with E-state index in [1.165, 1.54) is 7.11 Å². The van der Waals surface area contributed by atoms with Crippen molar-refractivity contribution in [3.63, 3.8) is 0 Å². The number of esters is 1. The molecule has 1 aliphatic rings. The first-order valence-electron chi connectivity index (χ1n) is 8.97. The van der Waals surface area contributed by atoms with Crippen LogP contribution in [0.2, 0.25) is 0 Å². The van der Waals surface area contributed by atoms with Crippen LogP contribution in [0, 0.1) is 0 Å². The van der Waals surface area contributed by atoms with Gasteiger partial charge in [0.05, 0.1) is 18.4 Å². The summed E-state index contributed by atoms with van der Waals surface area (Å²) in [7, 11) is 1.31. The van der Waals surface area contributed by atoms with Crippen LogP contribution in [-0.4, -0.2) is 48.2 Å². The molecule has 0 fully saturated rings. The molecule has 0 aliphatic carbocycles. The summed E-state index contributed by atoms with van der Waals surface area (Å²) < 4.78 is 21.3. The van der Waals surface area contributed by atoms with E-state index in [1.54, 1.807) is 42.5 Å². The van der Waals surface area contributed by atoms with Crippen LogP contribution in [0.1, 0.15) is 10.4 Å². The predicted molar refractivity (Wildman–Crippen MR) is 108 cm³/mol. The monoisotopic (exact) mass is 427 g/mol. The first kappa shape index (κ1) is 19.8. The minimum Gasteiger partial charge on any atom is -0.486 e. The molecule has 3 aromatic rings. The number of hydrogen-bond donors (Lipinski definition) is 1. The molecule has 4 rings (SSSR count). The zero-order chi connectivity index (χ0) is 20.9. The van der Waals surface area contributed by atoms with E-state index in [9.17, 15) is 9.59 Å². The minimum atomic E-state index is -0.436. The van der Waals surface area contributed by atoms with Gasteiger partial charge in [-0.1, -0.05) is 11.8 Å². The number of carbonyl (C=O) groups excluding carboxylic acids is 2. The second-order valence-corrected chi connectivity index (χ2v) is 7.06. The molecule has 30 heavy (non-hydrogen) atoms. The Morgan fingerprint density at radius 1 is 1.07 bits per heavy atom. The number of rotatable bonds is 6. The maximum absolute atomic E-state index is 12.2. The summed E-state index contributed by atoms with van der Waals surface area (Å²) in [6.45, 7) is 1.01. The third kappa shape index (κ3) is 4.54. The fourth-order valence-electron chi connectivity index (χ4n) is 2.69. The van der Waals surface area contributed by atoms with Gasteiger partial charge >= 0.3 is 5.97 Å². The second-order valence-electron chi connectivity index (χ2n) is 6.14. The maximum atomic E-state index is 12.2. The molecule has 10 heteroatoms. The first-order valence-corrected chi connectivity index (χ1v) is 9.95. The number of aromatic nitrogens is 2. The molecule has 0 spiro atoms. The predicted octanol–water partition coefficient (Wildman–Crippen LogP) is 3.03. The molecule has 0 atom stereocenters. The van der Waals surface area contributed by atoms with E-state index in [2.05, 4.69) is 20.3 Å². The lowest BCUT2D eigenvalue weighted by Gasteiger charge is -2.18. The van der Waals surface area contributed by atoms with Gasteiger partial charge in [-0.15, -0.1) is 10.2 Å². The number of ether oxygens (including phenoxy) is 3. The lowest BCUT2D eigenvalue weighted by Crippen LogP contribution is -2.15. The molecule has 0 saturated heterocycles. The van der Waals surface area contributed by atoms with Crippen molar-refractivity contribution in [2.75, 3.05) is 31.4 Å². The molecule has 2 aromatic carbocycles. The lowest BCUT2D eigenvalue weighted by molar-refractivity contribution is -0.113. The summed E-state index contributed by atoms with van der Waals surface area (Å²) >= 11 is 1.12. The summed E-state index contributed by atoms with van der Waals surface area (Å²) in [5.74, 6) is 1.03. The second kappa shape index (κ2) is 8.87. The average Bonchev–Trinajstić information content (AvgIpc) is 3.26. The van der Waals surface area contributed by atoms with Crippen LogP contribution in [0.5, 0.6) is 11.5 Å². The number of fused-ring (bicyclic) bond motifs is 1. The summed E-state index contributed by atoms with van der Waals surface area (Å²) in [4.78, 5) is 23.6. The quantitative estimate of drug-likeness (QED) is 0.468. The van der Waals surface area contributed by atoms with E-state index in [1.807, 2.05) is 0 Å². The third-order valence-corrected chi connectivity index (χ3v) is 4.93. The summed E-state index contributed by atoms with van der Waals surface area (Å²) in [6, 6.07) is 11.8. The van der Waals surface area contributed by atoms with Gasteiger partial charge in [-0.25, -0.2) is 4.79 Å². The summed E-state index contributed by atoms with van der Waals surface area (Å²) in [6.07, 6.45) is 0. The van der Waals surface area contributed by atoms with Crippen LogP contribution in [0.4, 0.5) is 5.69 Å².